The van der Waals surface area contributed by atoms with Gasteiger partial charge in [-0.05, 0) is 43.5 Å². The highest BCUT2D eigenvalue weighted by atomic mass is 35.5. The van der Waals surface area contributed by atoms with Crippen molar-refractivity contribution in [2.45, 2.75) is 25.7 Å². The number of anilines is 1. The Balaban J connectivity index is 1.69. The summed E-state index contributed by atoms with van der Waals surface area (Å²) in [6, 6.07) is 24.4. The third kappa shape index (κ3) is 3.26. The van der Waals surface area contributed by atoms with Gasteiger partial charge in [-0.15, -0.1) is 0 Å². The van der Waals surface area contributed by atoms with E-state index in [0.717, 1.165) is 6.42 Å². The summed E-state index contributed by atoms with van der Waals surface area (Å²) < 4.78 is 0. The zero-order chi connectivity index (χ0) is 19.0. The number of nitrogens with one attached hydrogen (secondary N) is 1. The summed E-state index contributed by atoms with van der Waals surface area (Å²) >= 11 is 6.22. The normalized spacial score (nSPS) is 17.4. The van der Waals surface area contributed by atoms with E-state index in [1.54, 1.807) is 6.07 Å². The number of amides is 1. The first-order valence-electron chi connectivity index (χ1n) is 9.20. The maximum atomic E-state index is 13.1. The molecule has 27 heavy (non-hydrogen) atoms. The van der Waals surface area contributed by atoms with Crippen molar-refractivity contribution in [1.82, 2.24) is 0 Å². The van der Waals surface area contributed by atoms with Crippen molar-refractivity contribution >= 4 is 23.2 Å². The Morgan fingerprint density at radius 3 is 1.93 bits per heavy atom. The standard InChI is InChI=1S/C24H22ClNO/c1-16-7-11-18(12-8-16)24(19-13-9-17(2)10-14-19)15-20(24)23(27)26-22-6-4-3-5-21(22)25/h3-14,20H,15H2,1-2H3,(H,26,27)/t20-/m1/s1. The molecule has 0 unspecified atom stereocenters. The molecule has 0 heterocycles. The second kappa shape index (κ2) is 6.86. The van der Waals surface area contributed by atoms with Gasteiger partial charge in [-0.2, -0.15) is 0 Å². The molecule has 1 aliphatic carbocycles. The van der Waals surface area contributed by atoms with Crippen LogP contribution in [-0.2, 0) is 10.2 Å². The van der Waals surface area contributed by atoms with Gasteiger partial charge in [0.2, 0.25) is 5.91 Å². The minimum atomic E-state index is -0.271. The summed E-state index contributed by atoms with van der Waals surface area (Å²) in [6.07, 6.45) is 0.801. The fraction of sp³-hybridized carbons (Fsp3) is 0.208. The first kappa shape index (κ1) is 17.8. The molecule has 1 saturated carbocycles. The van der Waals surface area contributed by atoms with Crippen molar-refractivity contribution in [2.75, 3.05) is 5.32 Å². The van der Waals surface area contributed by atoms with Gasteiger partial charge in [0, 0.05) is 5.41 Å². The molecule has 0 aliphatic heterocycles. The second-order valence-electron chi connectivity index (χ2n) is 7.43. The Morgan fingerprint density at radius 2 is 1.41 bits per heavy atom. The Bertz CT molecular complexity index is 931. The number of carbonyl (C=O) groups is 1. The lowest BCUT2D eigenvalue weighted by atomic mass is 9.85. The molecule has 0 saturated heterocycles. The summed E-state index contributed by atoms with van der Waals surface area (Å²) in [4.78, 5) is 13.1. The van der Waals surface area contributed by atoms with Crippen molar-refractivity contribution in [2.24, 2.45) is 5.92 Å². The third-order valence-electron chi connectivity index (χ3n) is 5.54. The topological polar surface area (TPSA) is 29.1 Å². The Morgan fingerprint density at radius 1 is 0.889 bits per heavy atom. The van der Waals surface area contributed by atoms with Gasteiger partial charge in [0.1, 0.15) is 0 Å². The highest BCUT2D eigenvalue weighted by Gasteiger charge is 2.60. The first-order chi connectivity index (χ1) is 13.0. The minimum absolute atomic E-state index is 0.0178. The van der Waals surface area contributed by atoms with Crippen LogP contribution < -0.4 is 5.32 Å². The van der Waals surface area contributed by atoms with E-state index >= 15 is 0 Å². The number of benzene rings is 3. The fourth-order valence-corrected chi connectivity index (χ4v) is 4.05. The summed E-state index contributed by atoms with van der Waals surface area (Å²) in [5, 5.41) is 3.58. The maximum absolute atomic E-state index is 13.1. The predicted octanol–water partition coefficient (Wildman–Crippen LogP) is 5.90. The summed E-state index contributed by atoms with van der Waals surface area (Å²) in [7, 11) is 0. The Kier molecular flexibility index (Phi) is 4.53. The van der Waals surface area contributed by atoms with Crippen molar-refractivity contribution in [3.8, 4) is 0 Å². The minimum Gasteiger partial charge on any atom is -0.324 e. The molecule has 3 aromatic carbocycles. The van der Waals surface area contributed by atoms with Gasteiger partial charge in [-0.25, -0.2) is 0 Å². The molecule has 0 bridgehead atoms. The van der Waals surface area contributed by atoms with Crippen LogP contribution in [0.3, 0.4) is 0 Å². The molecule has 2 nitrogen and oxygen atoms in total. The molecule has 1 N–H and O–H groups in total. The number of aryl methyl sites for hydroxylation is 2. The molecular formula is C24H22ClNO. The van der Waals surface area contributed by atoms with E-state index in [1.165, 1.54) is 22.3 Å². The number of rotatable bonds is 4. The van der Waals surface area contributed by atoms with Crippen LogP contribution in [0.25, 0.3) is 0 Å². The highest BCUT2D eigenvalue weighted by molar-refractivity contribution is 6.33. The molecule has 3 aromatic rings. The number of para-hydroxylation sites is 1. The average Bonchev–Trinajstić information content (AvgIpc) is 3.42. The number of carbonyl (C=O) groups excluding carboxylic acids is 1. The van der Waals surface area contributed by atoms with Gasteiger partial charge in [0.15, 0.2) is 0 Å². The van der Waals surface area contributed by atoms with E-state index in [0.29, 0.717) is 10.7 Å². The number of hydrogen-bond acceptors (Lipinski definition) is 1. The predicted molar refractivity (Wildman–Crippen MR) is 111 cm³/mol. The van der Waals surface area contributed by atoms with E-state index in [9.17, 15) is 4.79 Å². The Hall–Kier alpha value is -2.58. The molecule has 1 atom stereocenters. The largest absolute Gasteiger partial charge is 0.324 e. The Labute approximate surface area is 165 Å². The molecule has 1 fully saturated rings. The fourth-order valence-electron chi connectivity index (χ4n) is 3.87. The van der Waals surface area contributed by atoms with Crippen molar-refractivity contribution in [3.63, 3.8) is 0 Å². The first-order valence-corrected chi connectivity index (χ1v) is 9.58. The molecule has 1 amide bonds. The van der Waals surface area contributed by atoms with E-state index in [-0.39, 0.29) is 17.2 Å². The van der Waals surface area contributed by atoms with Crippen LogP contribution in [0.15, 0.2) is 72.8 Å². The van der Waals surface area contributed by atoms with Crippen LogP contribution in [0.1, 0.15) is 28.7 Å². The van der Waals surface area contributed by atoms with Crippen molar-refractivity contribution < 1.29 is 4.79 Å². The molecule has 0 spiro atoms. The summed E-state index contributed by atoms with van der Waals surface area (Å²) in [5.74, 6) is -0.0940. The molecular weight excluding hydrogens is 354 g/mol. The molecule has 0 aromatic heterocycles. The van der Waals surface area contributed by atoms with Crippen molar-refractivity contribution in [1.29, 1.82) is 0 Å². The molecule has 3 heteroatoms. The van der Waals surface area contributed by atoms with Crippen LogP contribution >= 0.6 is 11.6 Å². The van der Waals surface area contributed by atoms with Crippen LogP contribution in [-0.4, -0.2) is 5.91 Å². The van der Waals surface area contributed by atoms with E-state index < -0.39 is 0 Å². The molecule has 136 valence electrons. The van der Waals surface area contributed by atoms with E-state index in [1.807, 2.05) is 18.2 Å². The average molecular weight is 376 g/mol. The molecule has 0 radical (unpaired) electrons. The zero-order valence-electron chi connectivity index (χ0n) is 15.5. The smallest absolute Gasteiger partial charge is 0.228 e. The lowest BCUT2D eigenvalue weighted by Gasteiger charge is -2.20. The van der Waals surface area contributed by atoms with Gasteiger partial charge in [-0.3, -0.25) is 4.79 Å². The monoisotopic (exact) mass is 375 g/mol. The van der Waals surface area contributed by atoms with Gasteiger partial charge in [-0.1, -0.05) is 83.4 Å². The van der Waals surface area contributed by atoms with Gasteiger partial charge in [0.05, 0.1) is 16.6 Å². The summed E-state index contributed by atoms with van der Waals surface area (Å²) in [6.45, 7) is 4.16. The molecule has 1 aliphatic rings. The lowest BCUT2D eigenvalue weighted by molar-refractivity contribution is -0.117. The second-order valence-corrected chi connectivity index (χ2v) is 7.84. The van der Waals surface area contributed by atoms with E-state index in [4.69, 9.17) is 11.6 Å². The quantitative estimate of drug-likeness (QED) is 0.604. The van der Waals surface area contributed by atoms with Crippen LogP contribution in [0.4, 0.5) is 5.69 Å². The number of halogens is 1. The molecule has 4 rings (SSSR count). The third-order valence-corrected chi connectivity index (χ3v) is 5.87. The number of hydrogen-bond donors (Lipinski definition) is 1. The SMILES string of the molecule is Cc1ccc(C2(c3ccc(C)cc3)C[C@@H]2C(=O)Nc2ccccc2Cl)cc1. The van der Waals surface area contributed by atoms with Crippen LogP contribution in [0, 0.1) is 19.8 Å². The lowest BCUT2D eigenvalue weighted by Crippen LogP contribution is -2.22. The van der Waals surface area contributed by atoms with Crippen LogP contribution in [0.2, 0.25) is 5.02 Å². The van der Waals surface area contributed by atoms with Gasteiger partial charge < -0.3 is 5.32 Å². The van der Waals surface area contributed by atoms with E-state index in [2.05, 4.69) is 67.7 Å². The maximum Gasteiger partial charge on any atom is 0.228 e. The highest BCUT2D eigenvalue weighted by Crippen LogP contribution is 2.59. The van der Waals surface area contributed by atoms with Crippen LogP contribution in [0.5, 0.6) is 0 Å². The summed E-state index contributed by atoms with van der Waals surface area (Å²) in [5.41, 5.74) is 5.21. The van der Waals surface area contributed by atoms with Crippen molar-refractivity contribution in [3.05, 3.63) is 100 Å². The van der Waals surface area contributed by atoms with Gasteiger partial charge >= 0.3 is 0 Å². The zero-order valence-corrected chi connectivity index (χ0v) is 16.3. The van der Waals surface area contributed by atoms with Gasteiger partial charge in [0.25, 0.3) is 0 Å².